The van der Waals surface area contributed by atoms with E-state index in [4.69, 9.17) is 0 Å². The SMILES string of the molecule is CC[N+]1=C(C(C)(C)C)C(C)(C)c2c1ccc1cc(S(=O)(=O)[O-])cc(C)c21. The molecule has 1 heterocycles. The molecule has 0 bridgehead atoms. The third kappa shape index (κ3) is 2.69. The largest absolute Gasteiger partial charge is 0.744 e. The Balaban J connectivity index is 2.44. The van der Waals surface area contributed by atoms with Crippen molar-refractivity contribution >= 4 is 32.3 Å². The zero-order valence-electron chi connectivity index (χ0n) is 16.6. The van der Waals surface area contributed by atoms with Crippen LogP contribution in [0.5, 0.6) is 0 Å². The lowest BCUT2D eigenvalue weighted by Crippen LogP contribution is -2.39. The maximum atomic E-state index is 11.5. The van der Waals surface area contributed by atoms with Crippen LogP contribution in [0.1, 0.15) is 52.7 Å². The summed E-state index contributed by atoms with van der Waals surface area (Å²) in [7, 11) is -4.47. The zero-order chi connectivity index (χ0) is 19.7. The summed E-state index contributed by atoms with van der Waals surface area (Å²) in [6, 6.07) is 7.00. The normalized spacial score (nSPS) is 17.1. The maximum Gasteiger partial charge on any atom is 0.210 e. The van der Waals surface area contributed by atoms with Crippen LogP contribution in [0.25, 0.3) is 10.8 Å². The molecule has 0 radical (unpaired) electrons. The number of fused-ring (bicyclic) bond motifs is 3. The van der Waals surface area contributed by atoms with Crippen molar-refractivity contribution in [2.24, 2.45) is 5.41 Å². The highest BCUT2D eigenvalue weighted by Gasteiger charge is 2.51. The predicted octanol–water partition coefficient (Wildman–Crippen LogP) is 4.49. The van der Waals surface area contributed by atoms with Crippen molar-refractivity contribution in [2.45, 2.75) is 58.8 Å². The van der Waals surface area contributed by atoms with Gasteiger partial charge < -0.3 is 4.55 Å². The summed E-state index contributed by atoms with van der Waals surface area (Å²) in [5, 5.41) is 1.86. The summed E-state index contributed by atoms with van der Waals surface area (Å²) in [5.41, 5.74) is 4.39. The summed E-state index contributed by atoms with van der Waals surface area (Å²) in [4.78, 5) is -0.161. The first-order valence-electron chi connectivity index (χ1n) is 8.99. The van der Waals surface area contributed by atoms with Crippen LogP contribution in [0.2, 0.25) is 0 Å². The second-order valence-electron chi connectivity index (χ2n) is 8.72. The van der Waals surface area contributed by atoms with Gasteiger partial charge in [-0.2, -0.15) is 4.58 Å². The van der Waals surface area contributed by atoms with Gasteiger partial charge in [-0.05, 0) is 62.2 Å². The number of rotatable bonds is 2. The first-order valence-corrected chi connectivity index (χ1v) is 10.4. The lowest BCUT2D eigenvalue weighted by Gasteiger charge is -2.28. The van der Waals surface area contributed by atoms with Crippen molar-refractivity contribution in [2.75, 3.05) is 6.54 Å². The molecule has 0 spiro atoms. The third-order valence-electron chi connectivity index (χ3n) is 5.36. The summed E-state index contributed by atoms with van der Waals surface area (Å²) in [5.74, 6) is 0. The smallest absolute Gasteiger partial charge is 0.210 e. The minimum absolute atomic E-state index is 0.00292. The highest BCUT2D eigenvalue weighted by molar-refractivity contribution is 7.85. The molecule has 0 unspecified atom stereocenters. The van der Waals surface area contributed by atoms with Gasteiger partial charge >= 0.3 is 0 Å². The fourth-order valence-corrected chi connectivity index (χ4v) is 5.47. The van der Waals surface area contributed by atoms with Gasteiger partial charge in [-0.25, -0.2) is 8.42 Å². The number of aryl methyl sites for hydroxylation is 1. The van der Waals surface area contributed by atoms with Crippen LogP contribution in [0, 0.1) is 12.3 Å². The minimum Gasteiger partial charge on any atom is -0.744 e. The quantitative estimate of drug-likeness (QED) is 0.575. The summed E-state index contributed by atoms with van der Waals surface area (Å²) in [6.07, 6.45) is 0. The molecule has 0 saturated heterocycles. The van der Waals surface area contributed by atoms with Crippen LogP contribution >= 0.6 is 0 Å². The topological polar surface area (TPSA) is 60.2 Å². The van der Waals surface area contributed by atoms with Crippen molar-refractivity contribution in [3.63, 3.8) is 0 Å². The standard InChI is InChI=1S/C21H27NO3S/c1-8-22-16-10-9-14-12-15(26(23,24)25)11-13(2)17(14)18(16)21(6,7)19(22)20(3,4)5/h9-12H,8H2,1-7H3. The van der Waals surface area contributed by atoms with Gasteiger partial charge in [-0.15, -0.1) is 0 Å². The van der Waals surface area contributed by atoms with E-state index in [-0.39, 0.29) is 15.7 Å². The van der Waals surface area contributed by atoms with Crippen molar-refractivity contribution in [1.29, 1.82) is 0 Å². The van der Waals surface area contributed by atoms with Gasteiger partial charge in [0.2, 0.25) is 5.69 Å². The Bertz CT molecular complexity index is 1050. The van der Waals surface area contributed by atoms with E-state index in [1.165, 1.54) is 29.1 Å². The molecule has 0 N–H and O–H groups in total. The Hall–Kier alpha value is -1.72. The number of hydrogen-bond donors (Lipinski definition) is 0. The van der Waals surface area contributed by atoms with E-state index in [2.05, 4.69) is 52.2 Å². The summed E-state index contributed by atoms with van der Waals surface area (Å²) >= 11 is 0. The third-order valence-corrected chi connectivity index (χ3v) is 6.17. The fraction of sp³-hybridized carbons (Fsp3) is 0.476. The van der Waals surface area contributed by atoms with Crippen molar-refractivity contribution in [3.05, 3.63) is 35.4 Å². The fourth-order valence-electron chi connectivity index (χ4n) is 4.88. The van der Waals surface area contributed by atoms with Crippen LogP contribution in [0.15, 0.2) is 29.2 Å². The molecule has 140 valence electrons. The van der Waals surface area contributed by atoms with Gasteiger partial charge in [-0.3, -0.25) is 0 Å². The van der Waals surface area contributed by atoms with Gasteiger partial charge in [0.1, 0.15) is 16.7 Å². The first-order chi connectivity index (χ1) is 11.8. The highest BCUT2D eigenvalue weighted by Crippen LogP contribution is 2.48. The van der Waals surface area contributed by atoms with Crippen LogP contribution in [-0.4, -0.2) is 29.8 Å². The van der Waals surface area contributed by atoms with E-state index in [1.54, 1.807) is 0 Å². The second-order valence-corrected chi connectivity index (χ2v) is 10.1. The monoisotopic (exact) mass is 373 g/mol. The average Bonchev–Trinajstić information content (AvgIpc) is 2.73. The van der Waals surface area contributed by atoms with E-state index < -0.39 is 10.1 Å². The molecule has 0 atom stereocenters. The molecule has 26 heavy (non-hydrogen) atoms. The van der Waals surface area contributed by atoms with Gasteiger partial charge in [0.05, 0.1) is 10.3 Å². The molecular weight excluding hydrogens is 346 g/mol. The molecule has 1 aliphatic heterocycles. The molecule has 3 rings (SSSR count). The van der Waals surface area contributed by atoms with Gasteiger partial charge in [0, 0.05) is 17.0 Å². The lowest BCUT2D eigenvalue weighted by atomic mass is 9.70. The number of hydrogen-bond acceptors (Lipinski definition) is 3. The predicted molar refractivity (Wildman–Crippen MR) is 105 cm³/mol. The Kier molecular flexibility index (Phi) is 4.13. The number of benzene rings is 2. The van der Waals surface area contributed by atoms with E-state index >= 15 is 0 Å². The first kappa shape index (κ1) is 19.1. The molecule has 1 aliphatic rings. The molecule has 5 heteroatoms. The molecular formula is C21H27NO3S. The van der Waals surface area contributed by atoms with Crippen LogP contribution < -0.4 is 0 Å². The molecule has 0 saturated carbocycles. The zero-order valence-corrected chi connectivity index (χ0v) is 17.4. The average molecular weight is 374 g/mol. The molecule has 0 amide bonds. The van der Waals surface area contributed by atoms with Crippen LogP contribution in [-0.2, 0) is 15.5 Å². The Morgan fingerprint density at radius 2 is 1.77 bits per heavy atom. The Morgan fingerprint density at radius 1 is 1.15 bits per heavy atom. The summed E-state index contributed by atoms with van der Waals surface area (Å²) in [6.45, 7) is 16.1. The second kappa shape index (κ2) is 5.64. The molecule has 4 nitrogen and oxygen atoms in total. The van der Waals surface area contributed by atoms with E-state index in [9.17, 15) is 13.0 Å². The lowest BCUT2D eigenvalue weighted by molar-refractivity contribution is -0.438. The molecule has 2 aromatic rings. The minimum atomic E-state index is -4.47. The number of nitrogens with zero attached hydrogens (tertiary/aromatic N) is 1. The van der Waals surface area contributed by atoms with E-state index in [0.29, 0.717) is 0 Å². The van der Waals surface area contributed by atoms with Gasteiger partial charge in [-0.1, -0.05) is 20.8 Å². The maximum absolute atomic E-state index is 11.5. The molecule has 0 aliphatic carbocycles. The van der Waals surface area contributed by atoms with E-state index in [0.717, 1.165) is 22.9 Å². The summed E-state index contributed by atoms with van der Waals surface area (Å²) < 4.78 is 36.9. The Labute approximate surface area is 156 Å². The van der Waals surface area contributed by atoms with Crippen molar-refractivity contribution in [3.8, 4) is 0 Å². The van der Waals surface area contributed by atoms with Gasteiger partial charge in [0.15, 0.2) is 5.71 Å². The molecule has 0 aromatic heterocycles. The highest BCUT2D eigenvalue weighted by atomic mass is 32.2. The van der Waals surface area contributed by atoms with Crippen molar-refractivity contribution < 1.29 is 17.5 Å². The van der Waals surface area contributed by atoms with E-state index in [1.807, 2.05) is 13.0 Å². The van der Waals surface area contributed by atoms with Crippen LogP contribution in [0.3, 0.4) is 0 Å². The molecule has 0 fully saturated rings. The van der Waals surface area contributed by atoms with Gasteiger partial charge in [0.25, 0.3) is 0 Å². The van der Waals surface area contributed by atoms with Crippen molar-refractivity contribution in [1.82, 2.24) is 0 Å². The molecule has 2 aromatic carbocycles. The Morgan fingerprint density at radius 3 is 2.27 bits per heavy atom. The van der Waals surface area contributed by atoms with Crippen LogP contribution in [0.4, 0.5) is 5.69 Å².